The summed E-state index contributed by atoms with van der Waals surface area (Å²) in [6, 6.07) is 9.30. The van der Waals surface area contributed by atoms with Crippen LogP contribution in [0.5, 0.6) is 0 Å². The molecule has 0 aliphatic carbocycles. The van der Waals surface area contributed by atoms with E-state index in [9.17, 15) is 0 Å². The summed E-state index contributed by atoms with van der Waals surface area (Å²) in [5.41, 5.74) is 3.96. The third-order valence-electron chi connectivity index (χ3n) is 3.59. The molecule has 1 atom stereocenters. The third-order valence-corrected chi connectivity index (χ3v) is 6.60. The lowest BCUT2D eigenvalue weighted by Crippen LogP contribution is -2.17. The Labute approximate surface area is 135 Å². The van der Waals surface area contributed by atoms with Crippen molar-refractivity contribution >= 4 is 48.0 Å². The SMILES string of the molecule is CNC(c1cc2sccc2s1)c1cc(C)c(Br)cc1C. The lowest BCUT2D eigenvalue weighted by atomic mass is 9.98. The van der Waals surface area contributed by atoms with Gasteiger partial charge in [-0.2, -0.15) is 0 Å². The van der Waals surface area contributed by atoms with Crippen molar-refractivity contribution in [3.05, 3.63) is 55.7 Å². The van der Waals surface area contributed by atoms with Crippen LogP contribution < -0.4 is 5.32 Å². The molecular weight excluding hydrogens is 350 g/mol. The van der Waals surface area contributed by atoms with E-state index in [1.807, 2.05) is 29.7 Å². The Kier molecular flexibility index (Phi) is 4.00. The predicted octanol–water partition coefficient (Wildman–Crippen LogP) is 5.65. The van der Waals surface area contributed by atoms with Crippen LogP contribution in [0.4, 0.5) is 0 Å². The Hall–Kier alpha value is -0.680. The largest absolute Gasteiger partial charge is 0.309 e. The van der Waals surface area contributed by atoms with Crippen molar-refractivity contribution in [1.82, 2.24) is 5.32 Å². The number of aryl methyl sites for hydroxylation is 2. The average molecular weight is 366 g/mol. The molecule has 2 aromatic heterocycles. The molecule has 1 aromatic carbocycles. The molecule has 1 nitrogen and oxygen atoms in total. The Bertz CT molecular complexity index is 729. The zero-order valence-electron chi connectivity index (χ0n) is 11.7. The maximum absolute atomic E-state index is 3.61. The van der Waals surface area contributed by atoms with Crippen molar-refractivity contribution < 1.29 is 0 Å². The maximum Gasteiger partial charge on any atom is 0.0672 e. The molecule has 1 unspecified atom stereocenters. The lowest BCUT2D eigenvalue weighted by molar-refractivity contribution is 0.699. The highest BCUT2D eigenvalue weighted by atomic mass is 79.9. The first-order valence-electron chi connectivity index (χ1n) is 6.51. The summed E-state index contributed by atoms with van der Waals surface area (Å²) in [6.07, 6.45) is 0. The quantitative estimate of drug-likeness (QED) is 0.632. The molecule has 4 heteroatoms. The van der Waals surface area contributed by atoms with E-state index < -0.39 is 0 Å². The number of hydrogen-bond acceptors (Lipinski definition) is 3. The lowest BCUT2D eigenvalue weighted by Gasteiger charge is -2.19. The second-order valence-corrected chi connectivity index (χ2v) is 7.89. The highest BCUT2D eigenvalue weighted by Gasteiger charge is 2.18. The van der Waals surface area contributed by atoms with Crippen LogP contribution in [0.1, 0.15) is 27.6 Å². The summed E-state index contributed by atoms with van der Waals surface area (Å²) >= 11 is 7.32. The van der Waals surface area contributed by atoms with Gasteiger partial charge in [0, 0.05) is 18.7 Å². The number of rotatable bonds is 3. The van der Waals surface area contributed by atoms with Crippen LogP contribution in [-0.2, 0) is 0 Å². The van der Waals surface area contributed by atoms with Gasteiger partial charge in [-0.1, -0.05) is 22.0 Å². The number of thiophene rings is 2. The van der Waals surface area contributed by atoms with E-state index in [0.717, 1.165) is 0 Å². The monoisotopic (exact) mass is 365 g/mol. The molecule has 0 saturated carbocycles. The molecule has 2 heterocycles. The van der Waals surface area contributed by atoms with E-state index in [4.69, 9.17) is 0 Å². The van der Waals surface area contributed by atoms with Gasteiger partial charge in [0.2, 0.25) is 0 Å². The summed E-state index contributed by atoms with van der Waals surface area (Å²) in [6.45, 7) is 4.33. The fourth-order valence-electron chi connectivity index (χ4n) is 2.49. The van der Waals surface area contributed by atoms with E-state index in [1.165, 1.54) is 35.4 Å². The summed E-state index contributed by atoms with van der Waals surface area (Å²) < 4.78 is 3.95. The summed E-state index contributed by atoms with van der Waals surface area (Å²) in [5.74, 6) is 0. The topological polar surface area (TPSA) is 12.0 Å². The van der Waals surface area contributed by atoms with E-state index in [2.05, 4.69) is 64.7 Å². The third kappa shape index (κ3) is 2.46. The first kappa shape index (κ1) is 14.3. The molecule has 0 bridgehead atoms. The van der Waals surface area contributed by atoms with Crippen molar-refractivity contribution in [1.29, 1.82) is 0 Å². The smallest absolute Gasteiger partial charge is 0.0672 e. The van der Waals surface area contributed by atoms with E-state index in [1.54, 1.807) is 0 Å². The van der Waals surface area contributed by atoms with E-state index in [0.29, 0.717) is 0 Å². The number of nitrogens with one attached hydrogen (secondary N) is 1. The van der Waals surface area contributed by atoms with Crippen LogP contribution in [0.25, 0.3) is 9.40 Å². The molecule has 0 spiro atoms. The Morgan fingerprint density at radius 2 is 1.90 bits per heavy atom. The molecule has 3 aromatic rings. The average Bonchev–Trinajstić information content (AvgIpc) is 2.97. The number of halogens is 1. The van der Waals surface area contributed by atoms with Gasteiger partial charge in [0.25, 0.3) is 0 Å². The molecule has 0 amide bonds. The maximum atomic E-state index is 3.61. The minimum absolute atomic E-state index is 0.270. The normalized spacial score (nSPS) is 13.0. The van der Waals surface area contributed by atoms with Gasteiger partial charge < -0.3 is 5.32 Å². The molecule has 20 heavy (non-hydrogen) atoms. The summed E-state index contributed by atoms with van der Waals surface area (Å²) in [4.78, 5) is 1.39. The van der Waals surface area contributed by atoms with Crippen LogP contribution in [0, 0.1) is 13.8 Å². The van der Waals surface area contributed by atoms with E-state index in [-0.39, 0.29) is 6.04 Å². The zero-order chi connectivity index (χ0) is 14.3. The number of hydrogen-bond donors (Lipinski definition) is 1. The molecule has 1 N–H and O–H groups in total. The van der Waals surface area contributed by atoms with Gasteiger partial charge in [-0.3, -0.25) is 0 Å². The zero-order valence-corrected chi connectivity index (χ0v) is 14.9. The van der Waals surface area contributed by atoms with Gasteiger partial charge in [-0.25, -0.2) is 0 Å². The fraction of sp³-hybridized carbons (Fsp3) is 0.250. The molecule has 0 fully saturated rings. The van der Waals surface area contributed by atoms with Crippen molar-refractivity contribution in [3.8, 4) is 0 Å². The van der Waals surface area contributed by atoms with Crippen molar-refractivity contribution in [2.24, 2.45) is 0 Å². The molecule has 3 rings (SSSR count). The Balaban J connectivity index is 2.09. The van der Waals surface area contributed by atoms with Gasteiger partial charge in [0.1, 0.15) is 0 Å². The predicted molar refractivity (Wildman–Crippen MR) is 94.2 cm³/mol. The van der Waals surface area contributed by atoms with Crippen molar-refractivity contribution in [2.75, 3.05) is 7.05 Å². The second-order valence-electron chi connectivity index (χ2n) is 4.98. The number of benzene rings is 1. The standard InChI is InChI=1S/C16H16BrNS2/c1-9-7-12(17)10(2)6-11(9)16(18-3)15-8-14-13(20-15)4-5-19-14/h4-8,16,18H,1-3H3. The first-order valence-corrected chi connectivity index (χ1v) is 9.00. The molecular formula is C16H16BrNS2. The van der Waals surface area contributed by atoms with Crippen LogP contribution in [0.15, 0.2) is 34.1 Å². The Morgan fingerprint density at radius 3 is 2.60 bits per heavy atom. The molecule has 104 valence electrons. The highest BCUT2D eigenvalue weighted by molar-refractivity contribution is 9.10. The fourth-order valence-corrected chi connectivity index (χ4v) is 5.20. The molecule has 0 aliphatic heterocycles. The van der Waals surface area contributed by atoms with Crippen molar-refractivity contribution in [3.63, 3.8) is 0 Å². The minimum atomic E-state index is 0.270. The summed E-state index contributed by atoms with van der Waals surface area (Å²) in [5, 5.41) is 5.63. The number of fused-ring (bicyclic) bond motifs is 1. The van der Waals surface area contributed by atoms with Crippen LogP contribution in [0.2, 0.25) is 0 Å². The van der Waals surface area contributed by atoms with Gasteiger partial charge in [0.05, 0.1) is 6.04 Å². The van der Waals surface area contributed by atoms with Gasteiger partial charge in [-0.05, 0) is 61.2 Å². The highest BCUT2D eigenvalue weighted by Crippen LogP contribution is 2.37. The Morgan fingerprint density at radius 1 is 1.10 bits per heavy atom. The molecule has 0 saturated heterocycles. The summed E-state index contributed by atoms with van der Waals surface area (Å²) in [7, 11) is 2.04. The van der Waals surface area contributed by atoms with Crippen LogP contribution in [-0.4, -0.2) is 7.05 Å². The molecule has 0 aliphatic rings. The minimum Gasteiger partial charge on any atom is -0.309 e. The van der Waals surface area contributed by atoms with Crippen molar-refractivity contribution in [2.45, 2.75) is 19.9 Å². The molecule has 0 radical (unpaired) electrons. The van der Waals surface area contributed by atoms with Gasteiger partial charge in [-0.15, -0.1) is 22.7 Å². The second kappa shape index (κ2) is 5.60. The van der Waals surface area contributed by atoms with E-state index >= 15 is 0 Å². The van der Waals surface area contributed by atoms with Gasteiger partial charge in [0.15, 0.2) is 0 Å². The van der Waals surface area contributed by atoms with Crippen LogP contribution >= 0.6 is 38.6 Å². The van der Waals surface area contributed by atoms with Gasteiger partial charge >= 0.3 is 0 Å². The first-order chi connectivity index (χ1) is 9.60. The van der Waals surface area contributed by atoms with Crippen LogP contribution in [0.3, 0.4) is 0 Å².